The molecule has 4 rings (SSSR count). The minimum atomic E-state index is -0.223. The highest BCUT2D eigenvalue weighted by Crippen LogP contribution is 2.72. The van der Waals surface area contributed by atoms with Gasteiger partial charge >= 0.3 is 17.9 Å². The average Bonchev–Trinajstić information content (AvgIpc) is 2.51. The molecule has 4 aliphatic rings. The summed E-state index contributed by atoms with van der Waals surface area (Å²) in [6.45, 7) is 5.80. The Morgan fingerprint density at radius 3 is 1.18 bits per heavy atom. The van der Waals surface area contributed by atoms with Crippen LogP contribution in [-0.2, 0) is 28.6 Å². The number of ether oxygens (including phenoxy) is 3. The van der Waals surface area contributed by atoms with Crippen molar-refractivity contribution in [3.63, 3.8) is 0 Å². The van der Waals surface area contributed by atoms with E-state index in [0.29, 0.717) is 25.7 Å². The van der Waals surface area contributed by atoms with E-state index in [1.54, 1.807) is 0 Å². The minimum absolute atomic E-state index is 0.182. The highest BCUT2D eigenvalue weighted by atomic mass is 16.5. The fourth-order valence-corrected chi connectivity index (χ4v) is 7.13. The van der Waals surface area contributed by atoms with Crippen molar-refractivity contribution < 1.29 is 28.6 Å². The highest BCUT2D eigenvalue weighted by molar-refractivity contribution is 5.66. The van der Waals surface area contributed by atoms with Crippen molar-refractivity contribution in [3.05, 3.63) is 0 Å². The Morgan fingerprint density at radius 2 is 0.929 bits per heavy atom. The monoisotopic (exact) mass is 394 g/mol. The minimum Gasteiger partial charge on any atom is -0.466 e. The molecule has 6 nitrogen and oxygen atoms in total. The zero-order valence-electron chi connectivity index (χ0n) is 17.5. The van der Waals surface area contributed by atoms with Crippen molar-refractivity contribution in [3.8, 4) is 0 Å². The van der Waals surface area contributed by atoms with Gasteiger partial charge in [-0.15, -0.1) is 0 Å². The van der Waals surface area contributed by atoms with Gasteiger partial charge < -0.3 is 14.2 Å². The molecule has 0 aliphatic heterocycles. The van der Waals surface area contributed by atoms with Gasteiger partial charge in [-0.2, -0.15) is 0 Å². The molecule has 4 fully saturated rings. The first kappa shape index (κ1) is 21.1. The fourth-order valence-electron chi connectivity index (χ4n) is 7.13. The number of esters is 3. The van der Waals surface area contributed by atoms with Crippen LogP contribution in [0.5, 0.6) is 0 Å². The van der Waals surface area contributed by atoms with Crippen LogP contribution in [0.15, 0.2) is 0 Å². The smallest absolute Gasteiger partial charge is 0.302 e. The zero-order valence-corrected chi connectivity index (χ0v) is 17.5. The van der Waals surface area contributed by atoms with Gasteiger partial charge in [0, 0.05) is 20.8 Å². The summed E-state index contributed by atoms with van der Waals surface area (Å²) in [5.74, 6) is -0.0140. The summed E-state index contributed by atoms with van der Waals surface area (Å²) in [6, 6.07) is 0. The predicted molar refractivity (Wildman–Crippen MR) is 102 cm³/mol. The maximum atomic E-state index is 11.2. The molecule has 4 saturated carbocycles. The van der Waals surface area contributed by atoms with Crippen molar-refractivity contribution in [1.29, 1.82) is 0 Å². The number of hydrogen-bond donors (Lipinski definition) is 0. The van der Waals surface area contributed by atoms with E-state index in [4.69, 9.17) is 14.2 Å². The molecular weight excluding hydrogens is 360 g/mol. The molecule has 0 radical (unpaired) electrons. The SMILES string of the molecule is CC(=O)OCCC12CC3CC(CCOC(C)=O)(C1)CC(CCOC(C)=O)(C3)C2. The summed E-state index contributed by atoms with van der Waals surface area (Å²) in [7, 11) is 0. The van der Waals surface area contributed by atoms with Gasteiger partial charge in [0.25, 0.3) is 0 Å². The summed E-state index contributed by atoms with van der Waals surface area (Å²) in [6.07, 6.45) is 9.63. The van der Waals surface area contributed by atoms with Crippen LogP contribution in [0.25, 0.3) is 0 Å². The lowest BCUT2D eigenvalue weighted by Crippen LogP contribution is -2.57. The molecule has 0 spiro atoms. The lowest BCUT2D eigenvalue weighted by Gasteiger charge is -2.67. The lowest BCUT2D eigenvalue weighted by molar-refractivity contribution is -0.181. The topological polar surface area (TPSA) is 78.9 Å². The van der Waals surface area contributed by atoms with Crippen LogP contribution < -0.4 is 0 Å². The molecule has 0 aromatic rings. The van der Waals surface area contributed by atoms with Crippen LogP contribution >= 0.6 is 0 Å². The maximum absolute atomic E-state index is 11.2. The van der Waals surface area contributed by atoms with Gasteiger partial charge in [-0.1, -0.05) is 0 Å². The first-order valence-electron chi connectivity index (χ1n) is 10.6. The summed E-state index contributed by atoms with van der Waals surface area (Å²) < 4.78 is 15.9. The Morgan fingerprint density at radius 1 is 0.643 bits per heavy atom. The van der Waals surface area contributed by atoms with Crippen LogP contribution in [0.4, 0.5) is 0 Å². The quantitative estimate of drug-likeness (QED) is 0.437. The largest absolute Gasteiger partial charge is 0.466 e. The third-order valence-electron chi connectivity index (χ3n) is 7.23. The van der Waals surface area contributed by atoms with E-state index in [1.807, 2.05) is 0 Å². The van der Waals surface area contributed by atoms with Crippen molar-refractivity contribution in [2.75, 3.05) is 19.8 Å². The van der Waals surface area contributed by atoms with E-state index in [0.717, 1.165) is 38.5 Å². The van der Waals surface area contributed by atoms with Crippen LogP contribution in [-0.4, -0.2) is 37.7 Å². The Labute approximate surface area is 167 Å². The molecule has 4 aliphatic carbocycles. The normalized spacial score (nSPS) is 35.5. The third-order valence-corrected chi connectivity index (χ3v) is 7.23. The molecule has 0 unspecified atom stereocenters. The number of carbonyl (C=O) groups is 3. The first-order chi connectivity index (χ1) is 13.2. The van der Waals surface area contributed by atoms with Crippen molar-refractivity contribution in [2.45, 2.75) is 78.6 Å². The Hall–Kier alpha value is -1.59. The van der Waals surface area contributed by atoms with Gasteiger partial charge in [0.15, 0.2) is 0 Å². The highest BCUT2D eigenvalue weighted by Gasteiger charge is 2.62. The van der Waals surface area contributed by atoms with Gasteiger partial charge in [-0.3, -0.25) is 14.4 Å². The second kappa shape index (κ2) is 8.03. The molecule has 0 aromatic heterocycles. The van der Waals surface area contributed by atoms with Gasteiger partial charge in [-0.25, -0.2) is 0 Å². The molecule has 0 heterocycles. The number of rotatable bonds is 9. The second-order valence-electron chi connectivity index (χ2n) is 9.78. The van der Waals surface area contributed by atoms with Crippen LogP contribution in [0, 0.1) is 22.2 Å². The van der Waals surface area contributed by atoms with Gasteiger partial charge in [0.1, 0.15) is 0 Å². The molecule has 0 amide bonds. The summed E-state index contributed by atoms with van der Waals surface area (Å²) in [5, 5.41) is 0. The third kappa shape index (κ3) is 4.87. The van der Waals surface area contributed by atoms with E-state index in [1.165, 1.54) is 40.0 Å². The van der Waals surface area contributed by atoms with Gasteiger partial charge in [-0.05, 0) is 80.0 Å². The molecular formula is C22H34O6. The second-order valence-corrected chi connectivity index (χ2v) is 9.78. The van der Waals surface area contributed by atoms with Crippen LogP contribution in [0.3, 0.4) is 0 Å². The van der Waals surface area contributed by atoms with Gasteiger partial charge in [0.05, 0.1) is 19.8 Å². The maximum Gasteiger partial charge on any atom is 0.302 e. The van der Waals surface area contributed by atoms with E-state index in [9.17, 15) is 14.4 Å². The van der Waals surface area contributed by atoms with Gasteiger partial charge in [0.2, 0.25) is 0 Å². The molecule has 0 aromatic carbocycles. The molecule has 28 heavy (non-hydrogen) atoms. The van der Waals surface area contributed by atoms with Crippen LogP contribution in [0.1, 0.15) is 78.6 Å². The zero-order chi connectivity index (χ0) is 20.4. The average molecular weight is 395 g/mol. The Bertz CT molecular complexity index is 533. The van der Waals surface area contributed by atoms with Crippen LogP contribution in [0.2, 0.25) is 0 Å². The van der Waals surface area contributed by atoms with E-state index >= 15 is 0 Å². The lowest BCUT2D eigenvalue weighted by atomic mass is 9.38. The summed E-state index contributed by atoms with van der Waals surface area (Å²) >= 11 is 0. The molecule has 6 heteroatoms. The Kier molecular flexibility index (Phi) is 6.06. The Balaban J connectivity index is 1.75. The summed E-state index contributed by atoms with van der Waals surface area (Å²) in [4.78, 5) is 33.7. The van der Waals surface area contributed by atoms with E-state index < -0.39 is 0 Å². The fraction of sp³-hybridized carbons (Fsp3) is 0.864. The molecule has 158 valence electrons. The van der Waals surface area contributed by atoms with Crippen molar-refractivity contribution >= 4 is 17.9 Å². The predicted octanol–water partition coefficient (Wildman–Crippen LogP) is 3.80. The molecule has 4 bridgehead atoms. The van der Waals surface area contributed by atoms with Crippen molar-refractivity contribution in [2.24, 2.45) is 22.2 Å². The van der Waals surface area contributed by atoms with E-state index in [-0.39, 0.29) is 34.2 Å². The molecule has 0 saturated heterocycles. The van der Waals surface area contributed by atoms with E-state index in [2.05, 4.69) is 0 Å². The molecule has 0 N–H and O–H groups in total. The summed E-state index contributed by atoms with van der Waals surface area (Å²) in [5.41, 5.74) is 0.546. The molecule has 0 atom stereocenters. The van der Waals surface area contributed by atoms with Crippen molar-refractivity contribution in [1.82, 2.24) is 0 Å². The number of hydrogen-bond acceptors (Lipinski definition) is 6. The first-order valence-corrected chi connectivity index (χ1v) is 10.6. The number of carbonyl (C=O) groups excluding carboxylic acids is 3. The standard InChI is InChI=1S/C22H34O6/c1-16(23)26-7-4-20-10-19-11-21(13-20,5-8-27-17(2)24)15-22(12-19,14-20)6-9-28-18(3)25/h19H,4-15H2,1-3H3.